The van der Waals surface area contributed by atoms with E-state index in [0.29, 0.717) is 0 Å². The van der Waals surface area contributed by atoms with Crippen molar-refractivity contribution in [3.63, 3.8) is 0 Å². The van der Waals surface area contributed by atoms with Gasteiger partial charge in [-0.25, -0.2) is 0 Å². The average Bonchev–Trinajstić information content (AvgIpc) is 2.00. The van der Waals surface area contributed by atoms with Crippen molar-refractivity contribution in [3.05, 3.63) is 0 Å². The van der Waals surface area contributed by atoms with Crippen LogP contribution in [0.15, 0.2) is 0 Å². The molecule has 0 saturated heterocycles. The van der Waals surface area contributed by atoms with Gasteiger partial charge >= 0.3 is 0 Å². The van der Waals surface area contributed by atoms with Gasteiger partial charge in [-0.05, 0) is 27.6 Å². The molecule has 0 aliphatic heterocycles. The number of aliphatic hydroxyl groups excluding tert-OH is 1. The third-order valence-electron chi connectivity index (χ3n) is 1.92. The molecule has 0 bridgehead atoms. The number of hydrogen-bond acceptors (Lipinski definition) is 3. The van der Waals surface area contributed by atoms with Gasteiger partial charge in [0.25, 0.3) is 0 Å². The third kappa shape index (κ3) is 6.58. The molecule has 0 aliphatic carbocycles. The zero-order valence-electron chi connectivity index (χ0n) is 8.75. The molecule has 0 aromatic heterocycles. The van der Waals surface area contributed by atoms with Crippen LogP contribution < -0.4 is 0 Å². The fourth-order valence-electron chi connectivity index (χ4n) is 0.951. The lowest BCUT2D eigenvalue weighted by molar-refractivity contribution is 0.118. The van der Waals surface area contributed by atoms with E-state index in [1.54, 1.807) is 0 Å². The molecule has 0 heterocycles. The largest absolute Gasteiger partial charge is 0.392 e. The lowest BCUT2D eigenvalue weighted by Gasteiger charge is -2.21. The Morgan fingerprint density at radius 2 is 1.75 bits per heavy atom. The Balaban J connectivity index is 3.39. The summed E-state index contributed by atoms with van der Waals surface area (Å²) in [4.78, 5) is 4.31. The molecule has 3 nitrogen and oxygen atoms in total. The average molecular weight is 174 g/mol. The molecular weight excluding hydrogens is 152 g/mol. The van der Waals surface area contributed by atoms with E-state index in [2.05, 4.69) is 23.9 Å². The topological polar surface area (TPSA) is 26.7 Å². The van der Waals surface area contributed by atoms with Gasteiger partial charge in [0.05, 0.1) is 6.10 Å². The van der Waals surface area contributed by atoms with Gasteiger partial charge in [0.1, 0.15) is 0 Å². The van der Waals surface area contributed by atoms with Crippen LogP contribution in [0, 0.1) is 0 Å². The van der Waals surface area contributed by atoms with Gasteiger partial charge in [-0.2, -0.15) is 0 Å². The van der Waals surface area contributed by atoms with Crippen LogP contribution in [0.25, 0.3) is 0 Å². The smallest absolute Gasteiger partial charge is 0.0664 e. The maximum absolute atomic E-state index is 9.34. The van der Waals surface area contributed by atoms with Gasteiger partial charge in [-0.3, -0.25) is 0 Å². The van der Waals surface area contributed by atoms with Crippen molar-refractivity contribution in [2.75, 3.05) is 40.8 Å². The molecule has 0 saturated carbocycles. The summed E-state index contributed by atoms with van der Waals surface area (Å²) in [5.74, 6) is 0. The summed E-state index contributed by atoms with van der Waals surface area (Å²) in [6.07, 6.45) is 0.670. The second kappa shape index (κ2) is 6.40. The van der Waals surface area contributed by atoms with Crippen molar-refractivity contribution < 1.29 is 5.11 Å². The number of hydrogen-bond donors (Lipinski definition) is 1. The van der Waals surface area contributed by atoms with Crippen LogP contribution in [-0.2, 0) is 0 Å². The molecule has 0 fully saturated rings. The molecular formula is C9H22N2O. The van der Waals surface area contributed by atoms with Crippen LogP contribution in [-0.4, -0.2) is 61.8 Å². The summed E-state index contributed by atoms with van der Waals surface area (Å²) in [6, 6.07) is 0. The van der Waals surface area contributed by atoms with E-state index in [-0.39, 0.29) is 6.10 Å². The second-order valence-electron chi connectivity index (χ2n) is 3.63. The monoisotopic (exact) mass is 174 g/mol. The molecule has 74 valence electrons. The third-order valence-corrected chi connectivity index (χ3v) is 1.92. The van der Waals surface area contributed by atoms with Gasteiger partial charge < -0.3 is 14.9 Å². The van der Waals surface area contributed by atoms with Crippen molar-refractivity contribution in [2.45, 2.75) is 19.4 Å². The summed E-state index contributed by atoms with van der Waals surface area (Å²) in [6.45, 7) is 4.85. The van der Waals surface area contributed by atoms with Crippen molar-refractivity contribution in [1.29, 1.82) is 0 Å². The van der Waals surface area contributed by atoms with Gasteiger partial charge in [0, 0.05) is 19.6 Å². The van der Waals surface area contributed by atoms with Crippen LogP contribution >= 0.6 is 0 Å². The van der Waals surface area contributed by atoms with Gasteiger partial charge in [0.15, 0.2) is 0 Å². The fourth-order valence-corrected chi connectivity index (χ4v) is 0.951. The molecule has 0 amide bonds. The van der Waals surface area contributed by atoms with Crippen molar-refractivity contribution in [1.82, 2.24) is 9.80 Å². The molecule has 0 aromatic carbocycles. The standard InChI is InChI=1S/C9H22N2O/c1-5-9(12)8-11(4)7-6-10(2)3/h9,12H,5-8H2,1-4H3. The minimum Gasteiger partial charge on any atom is -0.392 e. The Hall–Kier alpha value is -0.120. The van der Waals surface area contributed by atoms with E-state index < -0.39 is 0 Å². The van der Waals surface area contributed by atoms with Crippen LogP contribution in [0.4, 0.5) is 0 Å². The Morgan fingerprint density at radius 1 is 1.17 bits per heavy atom. The predicted octanol–water partition coefficient (Wildman–Crippen LogP) is 0.251. The van der Waals surface area contributed by atoms with Crippen LogP contribution in [0.5, 0.6) is 0 Å². The second-order valence-corrected chi connectivity index (χ2v) is 3.63. The highest BCUT2D eigenvalue weighted by Gasteiger charge is 2.05. The van der Waals surface area contributed by atoms with E-state index in [9.17, 15) is 5.11 Å². The summed E-state index contributed by atoms with van der Waals surface area (Å²) >= 11 is 0. The zero-order valence-corrected chi connectivity index (χ0v) is 8.75. The van der Waals surface area contributed by atoms with Gasteiger partial charge in [-0.1, -0.05) is 6.92 Å². The summed E-state index contributed by atoms with van der Waals surface area (Å²) in [7, 11) is 6.16. The van der Waals surface area contributed by atoms with E-state index in [1.807, 2.05) is 14.0 Å². The Kier molecular flexibility index (Phi) is 6.34. The SMILES string of the molecule is CCC(O)CN(C)CCN(C)C. The zero-order chi connectivity index (χ0) is 9.56. The highest BCUT2D eigenvalue weighted by molar-refractivity contribution is 4.60. The number of likely N-dealkylation sites (N-methyl/N-ethyl adjacent to an activating group) is 2. The lowest BCUT2D eigenvalue weighted by atomic mass is 10.2. The molecule has 0 spiro atoms. The van der Waals surface area contributed by atoms with E-state index in [4.69, 9.17) is 0 Å². The molecule has 1 atom stereocenters. The van der Waals surface area contributed by atoms with Crippen LogP contribution in [0.1, 0.15) is 13.3 Å². The first-order valence-electron chi connectivity index (χ1n) is 4.57. The van der Waals surface area contributed by atoms with E-state index in [1.165, 1.54) is 0 Å². The number of rotatable bonds is 6. The summed E-state index contributed by atoms with van der Waals surface area (Å²) in [5, 5.41) is 9.34. The molecule has 1 N–H and O–H groups in total. The van der Waals surface area contributed by atoms with Crippen LogP contribution in [0.2, 0.25) is 0 Å². The van der Waals surface area contributed by atoms with Gasteiger partial charge in [-0.15, -0.1) is 0 Å². The highest BCUT2D eigenvalue weighted by Crippen LogP contribution is 1.93. The molecule has 3 heteroatoms. The maximum atomic E-state index is 9.34. The van der Waals surface area contributed by atoms with Crippen molar-refractivity contribution >= 4 is 0 Å². The number of aliphatic hydroxyl groups is 1. The van der Waals surface area contributed by atoms with E-state index >= 15 is 0 Å². The molecule has 0 aliphatic rings. The van der Waals surface area contributed by atoms with E-state index in [0.717, 1.165) is 26.1 Å². The molecule has 12 heavy (non-hydrogen) atoms. The fraction of sp³-hybridized carbons (Fsp3) is 1.00. The maximum Gasteiger partial charge on any atom is 0.0664 e. The first-order valence-corrected chi connectivity index (χ1v) is 4.57. The normalized spacial score (nSPS) is 14.2. The molecule has 0 radical (unpaired) electrons. The van der Waals surface area contributed by atoms with Crippen molar-refractivity contribution in [2.24, 2.45) is 0 Å². The Morgan fingerprint density at radius 3 is 2.17 bits per heavy atom. The Labute approximate surface area is 76.0 Å². The minimum absolute atomic E-state index is 0.169. The highest BCUT2D eigenvalue weighted by atomic mass is 16.3. The summed E-state index contributed by atoms with van der Waals surface area (Å²) < 4.78 is 0. The van der Waals surface area contributed by atoms with Gasteiger partial charge in [0.2, 0.25) is 0 Å². The first-order chi connectivity index (χ1) is 5.56. The molecule has 1 unspecified atom stereocenters. The van der Waals surface area contributed by atoms with Crippen LogP contribution in [0.3, 0.4) is 0 Å². The lowest BCUT2D eigenvalue weighted by Crippen LogP contribution is -2.34. The first kappa shape index (κ1) is 11.9. The quantitative estimate of drug-likeness (QED) is 0.625. The Bertz CT molecular complexity index is 107. The molecule has 0 rings (SSSR count). The molecule has 0 aromatic rings. The minimum atomic E-state index is -0.169. The number of nitrogens with zero attached hydrogens (tertiary/aromatic N) is 2. The summed E-state index contributed by atoms with van der Waals surface area (Å²) in [5.41, 5.74) is 0. The predicted molar refractivity (Wildman–Crippen MR) is 52.3 cm³/mol. The van der Waals surface area contributed by atoms with Crippen molar-refractivity contribution in [3.8, 4) is 0 Å².